The largest absolute Gasteiger partial charge is 0.454 e. The number of ether oxygens (including phenoxy) is 2. The second kappa shape index (κ2) is 5.65. The number of halogens is 1. The molecule has 5 heteroatoms. The molecule has 1 aliphatic rings. The number of amides is 1. The van der Waals surface area contributed by atoms with E-state index < -0.39 is 5.41 Å². The van der Waals surface area contributed by atoms with Gasteiger partial charge in [0.2, 0.25) is 12.7 Å². The van der Waals surface area contributed by atoms with Crippen LogP contribution in [0.5, 0.6) is 11.5 Å². The standard InChI is InChI=1S/C17H16BrNO3/c1-17(2,11-6-7-14-15(8-11)22-10-21-14)16(20)19-13-5-3-4-12(18)9-13/h3-9H,10H2,1-2H3,(H,19,20). The van der Waals surface area contributed by atoms with E-state index in [0.717, 1.165) is 15.7 Å². The quantitative estimate of drug-likeness (QED) is 0.895. The Balaban J connectivity index is 1.84. The zero-order chi connectivity index (χ0) is 15.7. The highest BCUT2D eigenvalue weighted by Crippen LogP contribution is 2.36. The minimum atomic E-state index is -0.691. The number of anilines is 1. The van der Waals surface area contributed by atoms with E-state index in [2.05, 4.69) is 21.2 Å². The van der Waals surface area contributed by atoms with Gasteiger partial charge in [0.25, 0.3) is 0 Å². The first-order chi connectivity index (χ1) is 10.5. The zero-order valence-electron chi connectivity index (χ0n) is 12.4. The van der Waals surface area contributed by atoms with Crippen molar-refractivity contribution in [2.24, 2.45) is 0 Å². The molecule has 0 saturated carbocycles. The van der Waals surface area contributed by atoms with Gasteiger partial charge in [-0.1, -0.05) is 28.1 Å². The topological polar surface area (TPSA) is 47.6 Å². The van der Waals surface area contributed by atoms with Crippen LogP contribution in [0.15, 0.2) is 46.9 Å². The summed E-state index contributed by atoms with van der Waals surface area (Å²) in [5.41, 5.74) is 0.945. The van der Waals surface area contributed by atoms with Gasteiger partial charge in [0.05, 0.1) is 5.41 Å². The van der Waals surface area contributed by atoms with E-state index in [4.69, 9.17) is 9.47 Å². The molecule has 22 heavy (non-hydrogen) atoms. The van der Waals surface area contributed by atoms with E-state index in [0.29, 0.717) is 11.5 Å². The normalized spacial score (nSPS) is 13.0. The molecule has 3 rings (SSSR count). The van der Waals surface area contributed by atoms with Gasteiger partial charge in [0, 0.05) is 10.2 Å². The van der Waals surface area contributed by atoms with Gasteiger partial charge < -0.3 is 14.8 Å². The van der Waals surface area contributed by atoms with Gasteiger partial charge in [0.15, 0.2) is 11.5 Å². The highest BCUT2D eigenvalue weighted by molar-refractivity contribution is 9.10. The summed E-state index contributed by atoms with van der Waals surface area (Å²) in [7, 11) is 0. The van der Waals surface area contributed by atoms with E-state index in [1.165, 1.54) is 0 Å². The maximum atomic E-state index is 12.6. The van der Waals surface area contributed by atoms with E-state index in [-0.39, 0.29) is 12.7 Å². The molecule has 0 bridgehead atoms. The van der Waals surface area contributed by atoms with Crippen LogP contribution < -0.4 is 14.8 Å². The minimum absolute atomic E-state index is 0.0792. The molecular weight excluding hydrogens is 346 g/mol. The Hall–Kier alpha value is -2.01. The molecular formula is C17H16BrNO3. The van der Waals surface area contributed by atoms with Gasteiger partial charge in [-0.15, -0.1) is 0 Å². The zero-order valence-corrected chi connectivity index (χ0v) is 13.9. The van der Waals surface area contributed by atoms with E-state index >= 15 is 0 Å². The number of nitrogens with one attached hydrogen (secondary N) is 1. The molecule has 0 fully saturated rings. The Morgan fingerprint density at radius 2 is 1.91 bits per heavy atom. The summed E-state index contributed by atoms with van der Waals surface area (Å²) in [4.78, 5) is 12.6. The van der Waals surface area contributed by atoms with Crippen LogP contribution in [0.3, 0.4) is 0 Å². The number of hydrogen-bond donors (Lipinski definition) is 1. The Labute approximate surface area is 137 Å². The molecule has 1 N–H and O–H groups in total. The summed E-state index contributed by atoms with van der Waals surface area (Å²) in [5, 5.41) is 2.95. The fourth-order valence-corrected chi connectivity index (χ4v) is 2.67. The van der Waals surface area contributed by atoms with Crippen LogP contribution in [0.2, 0.25) is 0 Å². The molecule has 1 heterocycles. The smallest absolute Gasteiger partial charge is 0.234 e. The summed E-state index contributed by atoms with van der Waals surface area (Å²) in [5.74, 6) is 1.32. The van der Waals surface area contributed by atoms with Crippen LogP contribution in [-0.4, -0.2) is 12.7 Å². The van der Waals surface area contributed by atoms with Gasteiger partial charge in [-0.25, -0.2) is 0 Å². The Morgan fingerprint density at radius 1 is 1.14 bits per heavy atom. The molecule has 114 valence electrons. The summed E-state index contributed by atoms with van der Waals surface area (Å²) >= 11 is 3.40. The molecule has 0 radical (unpaired) electrons. The van der Waals surface area contributed by atoms with Crippen LogP contribution in [-0.2, 0) is 10.2 Å². The number of carbonyl (C=O) groups excluding carboxylic acids is 1. The van der Waals surface area contributed by atoms with Gasteiger partial charge in [-0.2, -0.15) is 0 Å². The predicted octanol–water partition coefficient (Wildman–Crippen LogP) is 4.09. The minimum Gasteiger partial charge on any atom is -0.454 e. The Bertz CT molecular complexity index is 728. The maximum Gasteiger partial charge on any atom is 0.234 e. The first-order valence-corrected chi connectivity index (χ1v) is 7.73. The van der Waals surface area contributed by atoms with Gasteiger partial charge in [-0.3, -0.25) is 4.79 Å². The van der Waals surface area contributed by atoms with Crippen LogP contribution in [0.4, 0.5) is 5.69 Å². The predicted molar refractivity (Wildman–Crippen MR) is 88.4 cm³/mol. The summed E-state index contributed by atoms with van der Waals surface area (Å²) in [6.07, 6.45) is 0. The van der Waals surface area contributed by atoms with Crippen molar-refractivity contribution in [2.45, 2.75) is 19.3 Å². The van der Waals surface area contributed by atoms with Crippen LogP contribution >= 0.6 is 15.9 Å². The number of benzene rings is 2. The van der Waals surface area contributed by atoms with E-state index in [1.54, 1.807) is 0 Å². The lowest BCUT2D eigenvalue weighted by molar-refractivity contribution is -0.120. The summed E-state index contributed by atoms with van der Waals surface area (Å²) < 4.78 is 11.6. The summed E-state index contributed by atoms with van der Waals surface area (Å²) in [6, 6.07) is 13.1. The molecule has 0 unspecified atom stereocenters. The molecule has 2 aromatic rings. The lowest BCUT2D eigenvalue weighted by Gasteiger charge is -2.24. The van der Waals surface area contributed by atoms with Gasteiger partial charge in [-0.05, 0) is 49.7 Å². The SMILES string of the molecule is CC(C)(C(=O)Nc1cccc(Br)c1)c1ccc2c(c1)OCO2. The molecule has 1 aliphatic heterocycles. The van der Waals surface area contributed by atoms with Crippen molar-refractivity contribution in [3.05, 3.63) is 52.5 Å². The van der Waals surface area contributed by atoms with Crippen molar-refractivity contribution in [3.8, 4) is 11.5 Å². The average Bonchev–Trinajstić information content (AvgIpc) is 2.94. The van der Waals surface area contributed by atoms with Crippen molar-refractivity contribution in [1.29, 1.82) is 0 Å². The molecule has 0 atom stereocenters. The molecule has 0 aliphatic carbocycles. The lowest BCUT2D eigenvalue weighted by Crippen LogP contribution is -2.34. The maximum absolute atomic E-state index is 12.6. The molecule has 0 saturated heterocycles. The van der Waals surface area contributed by atoms with Crippen molar-refractivity contribution in [3.63, 3.8) is 0 Å². The number of rotatable bonds is 3. The fraction of sp³-hybridized carbons (Fsp3) is 0.235. The van der Waals surface area contributed by atoms with Crippen LogP contribution in [0.25, 0.3) is 0 Å². The fourth-order valence-electron chi connectivity index (χ4n) is 2.27. The Kier molecular flexibility index (Phi) is 3.83. The number of fused-ring (bicyclic) bond motifs is 1. The van der Waals surface area contributed by atoms with Gasteiger partial charge in [0.1, 0.15) is 0 Å². The highest BCUT2D eigenvalue weighted by atomic mass is 79.9. The summed E-state index contributed by atoms with van der Waals surface area (Å²) in [6.45, 7) is 4.00. The van der Waals surface area contributed by atoms with Crippen LogP contribution in [0.1, 0.15) is 19.4 Å². The monoisotopic (exact) mass is 361 g/mol. The number of carbonyl (C=O) groups is 1. The molecule has 4 nitrogen and oxygen atoms in total. The second-order valence-corrected chi connectivity index (χ2v) is 6.57. The van der Waals surface area contributed by atoms with Crippen molar-refractivity contribution < 1.29 is 14.3 Å². The third kappa shape index (κ3) is 2.81. The first kappa shape index (κ1) is 14.9. The second-order valence-electron chi connectivity index (χ2n) is 5.66. The number of hydrogen-bond acceptors (Lipinski definition) is 3. The third-order valence-electron chi connectivity index (χ3n) is 3.74. The lowest BCUT2D eigenvalue weighted by atomic mass is 9.83. The third-order valence-corrected chi connectivity index (χ3v) is 4.24. The molecule has 0 spiro atoms. The Morgan fingerprint density at radius 3 is 2.68 bits per heavy atom. The van der Waals surface area contributed by atoms with Crippen LogP contribution in [0, 0.1) is 0 Å². The van der Waals surface area contributed by atoms with Gasteiger partial charge >= 0.3 is 0 Å². The highest BCUT2D eigenvalue weighted by Gasteiger charge is 2.31. The average molecular weight is 362 g/mol. The van der Waals surface area contributed by atoms with E-state index in [9.17, 15) is 4.79 Å². The molecule has 0 aromatic heterocycles. The van der Waals surface area contributed by atoms with Crippen molar-refractivity contribution >= 4 is 27.5 Å². The van der Waals surface area contributed by atoms with Crippen molar-refractivity contribution in [1.82, 2.24) is 0 Å². The molecule has 1 amide bonds. The van der Waals surface area contributed by atoms with Crippen molar-refractivity contribution in [2.75, 3.05) is 12.1 Å². The molecule has 2 aromatic carbocycles. The van der Waals surface area contributed by atoms with E-state index in [1.807, 2.05) is 56.3 Å². The first-order valence-electron chi connectivity index (χ1n) is 6.94.